The average Bonchev–Trinajstić information content (AvgIpc) is 2.39. The Morgan fingerprint density at radius 2 is 0.684 bits per heavy atom. The highest BCUT2D eigenvalue weighted by molar-refractivity contribution is 4.31. The summed E-state index contributed by atoms with van der Waals surface area (Å²) in [6, 6.07) is 0. The van der Waals surface area contributed by atoms with Crippen molar-refractivity contribution < 1.29 is 0 Å². The Morgan fingerprint density at radius 3 is 0.737 bits per heavy atom. The lowest BCUT2D eigenvalue weighted by molar-refractivity contribution is 0.702. The van der Waals surface area contributed by atoms with Crippen LogP contribution in [-0.4, -0.2) is 0 Å². The fraction of sp³-hybridized carbons (Fsp3) is 1.00. The van der Waals surface area contributed by atoms with E-state index >= 15 is 0 Å². The molecule has 0 heteroatoms. The van der Waals surface area contributed by atoms with E-state index in [9.17, 15) is 0 Å². The number of rotatable bonds is 4. The van der Waals surface area contributed by atoms with E-state index in [1.54, 1.807) is 0 Å². The molecule has 0 nitrogen and oxygen atoms in total. The minimum Gasteiger partial charge on any atom is -0.0683 e. The molecule has 0 rings (SSSR count). The maximum absolute atomic E-state index is 2.23. The van der Waals surface area contributed by atoms with Gasteiger partial charge in [0.2, 0.25) is 0 Å². The molecule has 124 valence electrons. The fourth-order valence-corrected chi connectivity index (χ4v) is 0.500. The summed E-state index contributed by atoms with van der Waals surface area (Å²) in [7, 11) is 0. The predicted molar refractivity (Wildman–Crippen MR) is 98.2 cm³/mol. The Kier molecular flexibility index (Phi) is 86.0. The summed E-state index contributed by atoms with van der Waals surface area (Å²) in [5.41, 5.74) is 0. The first kappa shape index (κ1) is 31.4. The van der Waals surface area contributed by atoms with E-state index in [4.69, 9.17) is 0 Å². The summed E-state index contributed by atoms with van der Waals surface area (Å²) in [5.74, 6) is 0.833. The third kappa shape index (κ3) is 288. The minimum absolute atomic E-state index is 0.833. The molecule has 0 N–H and O–H groups in total. The van der Waals surface area contributed by atoms with Gasteiger partial charge in [-0.3, -0.25) is 0 Å². The molecule has 0 aromatic heterocycles. The van der Waals surface area contributed by atoms with E-state index in [0.29, 0.717) is 0 Å². The van der Waals surface area contributed by atoms with Crippen LogP contribution < -0.4 is 0 Å². The second kappa shape index (κ2) is 52.0. The lowest BCUT2D eigenvalue weighted by atomic mass is 10.2. The van der Waals surface area contributed by atoms with Crippen molar-refractivity contribution in [3.05, 3.63) is 0 Å². The molecular formula is C19H48. The highest BCUT2D eigenvalue weighted by atomic mass is 13.8. The summed E-state index contributed by atoms with van der Waals surface area (Å²) in [4.78, 5) is 0. The van der Waals surface area contributed by atoms with Gasteiger partial charge in [-0.2, -0.15) is 0 Å². The first-order chi connectivity index (χ1) is 8.97. The zero-order valence-corrected chi connectivity index (χ0v) is 16.5. The third-order valence-electron chi connectivity index (χ3n) is 1.46. The van der Waals surface area contributed by atoms with Crippen LogP contribution in [0.15, 0.2) is 0 Å². The van der Waals surface area contributed by atoms with Crippen molar-refractivity contribution in [2.24, 2.45) is 5.92 Å². The van der Waals surface area contributed by atoms with E-state index in [1.165, 1.54) is 44.9 Å². The molecule has 0 radical (unpaired) electrons. The van der Waals surface area contributed by atoms with Gasteiger partial charge in [-0.05, 0) is 5.92 Å². The molecule has 0 aliphatic heterocycles. The Morgan fingerprint density at radius 1 is 0.526 bits per heavy atom. The second-order valence-corrected chi connectivity index (χ2v) is 5.15. The van der Waals surface area contributed by atoms with Crippen LogP contribution in [0.2, 0.25) is 0 Å². The van der Waals surface area contributed by atoms with Gasteiger partial charge >= 0.3 is 0 Å². The van der Waals surface area contributed by atoms with Crippen LogP contribution in [0.25, 0.3) is 0 Å². The van der Waals surface area contributed by atoms with E-state index in [0.717, 1.165) is 5.92 Å². The van der Waals surface area contributed by atoms with Crippen LogP contribution in [-0.2, 0) is 0 Å². The molecule has 0 spiro atoms. The normalized spacial score (nSPS) is 7.58. The monoisotopic (exact) mass is 276 g/mol. The van der Waals surface area contributed by atoms with Gasteiger partial charge in [0.15, 0.2) is 0 Å². The average molecular weight is 277 g/mol. The molecule has 0 fully saturated rings. The van der Waals surface area contributed by atoms with Crippen molar-refractivity contribution in [2.75, 3.05) is 0 Å². The molecule has 0 heterocycles. The number of unbranched alkanes of at least 4 members (excludes halogenated alkanes) is 4. The van der Waals surface area contributed by atoms with Crippen LogP contribution in [0.4, 0.5) is 0 Å². The maximum Gasteiger partial charge on any atom is -0.0500 e. The smallest absolute Gasteiger partial charge is 0.0500 e. The van der Waals surface area contributed by atoms with Crippen molar-refractivity contribution in [1.29, 1.82) is 0 Å². The first-order valence-electron chi connectivity index (χ1n) is 8.97. The van der Waals surface area contributed by atoms with E-state index < -0.39 is 0 Å². The number of hydrogen-bond donors (Lipinski definition) is 0. The first-order valence-corrected chi connectivity index (χ1v) is 8.97. The largest absolute Gasteiger partial charge is 0.0683 e. The van der Waals surface area contributed by atoms with E-state index in [-0.39, 0.29) is 0 Å². The molecule has 0 bridgehead atoms. The second-order valence-electron chi connectivity index (χ2n) is 5.15. The van der Waals surface area contributed by atoms with Gasteiger partial charge in [0.25, 0.3) is 0 Å². The maximum atomic E-state index is 2.23. The molecule has 0 aromatic carbocycles. The summed E-state index contributed by atoms with van der Waals surface area (Å²) >= 11 is 0. The van der Waals surface area contributed by atoms with Gasteiger partial charge in [-0.15, -0.1) is 0 Å². The number of hydrogen-bond acceptors (Lipinski definition) is 0. The van der Waals surface area contributed by atoms with Crippen LogP contribution in [0.3, 0.4) is 0 Å². The van der Waals surface area contributed by atoms with Crippen molar-refractivity contribution in [3.8, 4) is 0 Å². The van der Waals surface area contributed by atoms with Crippen molar-refractivity contribution >= 4 is 0 Å². The Bertz CT molecular complexity index is 55.7. The van der Waals surface area contributed by atoms with Gasteiger partial charge in [-0.1, -0.05) is 121 Å². The van der Waals surface area contributed by atoms with E-state index in [2.05, 4.69) is 62.3 Å². The van der Waals surface area contributed by atoms with Gasteiger partial charge in [-0.25, -0.2) is 0 Å². The van der Waals surface area contributed by atoms with Crippen LogP contribution in [0.5, 0.6) is 0 Å². The molecule has 0 aromatic rings. The van der Waals surface area contributed by atoms with Crippen molar-refractivity contribution in [3.63, 3.8) is 0 Å². The Balaban J connectivity index is -0.0000000452. The molecule has 0 aliphatic carbocycles. The van der Waals surface area contributed by atoms with Crippen LogP contribution in [0.1, 0.15) is 121 Å². The topological polar surface area (TPSA) is 0 Å². The predicted octanol–water partition coefficient (Wildman–Crippen LogP) is 8.50. The molecule has 0 saturated carbocycles. The van der Waals surface area contributed by atoms with Crippen LogP contribution in [0, 0.1) is 5.92 Å². The Hall–Kier alpha value is 0. The molecule has 0 atom stereocenters. The van der Waals surface area contributed by atoms with Gasteiger partial charge in [0.05, 0.1) is 0 Å². The van der Waals surface area contributed by atoms with E-state index in [1.807, 2.05) is 13.8 Å². The molecule has 19 heavy (non-hydrogen) atoms. The standard InChI is InChI=1S/C6H14.2C4H10.C3H8.C2H6/c1-3-5-6-4-2;1-4(2)3;1-3-4-2;1-3-2;1-2/h3-6H2,1-2H3;4H,1-3H3;3-4H2,1-2H3;3H2,1-2H3;1-2H3. The van der Waals surface area contributed by atoms with Gasteiger partial charge < -0.3 is 0 Å². The molecule has 0 aliphatic rings. The zero-order chi connectivity index (χ0) is 16.5. The molecular weight excluding hydrogens is 228 g/mol. The molecule has 0 saturated heterocycles. The summed E-state index contributed by atoms with van der Waals surface area (Å²) < 4.78 is 0. The van der Waals surface area contributed by atoms with Crippen molar-refractivity contribution in [2.45, 2.75) is 121 Å². The molecule has 0 amide bonds. The minimum atomic E-state index is 0.833. The lowest BCUT2D eigenvalue weighted by Crippen LogP contribution is -1.66. The lowest BCUT2D eigenvalue weighted by Gasteiger charge is -1.86. The van der Waals surface area contributed by atoms with Gasteiger partial charge in [0.1, 0.15) is 0 Å². The quantitative estimate of drug-likeness (QED) is 0.451. The van der Waals surface area contributed by atoms with Crippen LogP contribution >= 0.6 is 0 Å². The summed E-state index contributed by atoms with van der Waals surface area (Å²) in [6.45, 7) is 23.6. The zero-order valence-electron chi connectivity index (χ0n) is 16.5. The van der Waals surface area contributed by atoms with Crippen molar-refractivity contribution in [1.82, 2.24) is 0 Å². The highest BCUT2D eigenvalue weighted by Gasteiger charge is 1.75. The highest BCUT2D eigenvalue weighted by Crippen LogP contribution is 1.95. The third-order valence-corrected chi connectivity index (χ3v) is 1.46. The SMILES string of the molecule is CC.CC(C)C.CCC.CCCC.CCCCCC. The summed E-state index contributed by atoms with van der Waals surface area (Å²) in [5, 5.41) is 0. The fourth-order valence-electron chi connectivity index (χ4n) is 0.500. The molecule has 0 unspecified atom stereocenters. The summed E-state index contributed by atoms with van der Waals surface area (Å²) in [6.07, 6.45) is 9.43. The van der Waals surface area contributed by atoms with Gasteiger partial charge in [0, 0.05) is 0 Å². The Labute approximate surface area is 127 Å².